The summed E-state index contributed by atoms with van der Waals surface area (Å²) in [7, 11) is 0. The van der Waals surface area contributed by atoms with Crippen LogP contribution in [-0.2, 0) is 14.3 Å². The predicted octanol–water partition coefficient (Wildman–Crippen LogP) is 11.2. The second-order valence-corrected chi connectivity index (χ2v) is 11.9. The Hall–Kier alpha value is -1.13. The van der Waals surface area contributed by atoms with Crippen molar-refractivity contribution in [3.8, 4) is 0 Å². The Balaban J connectivity index is 3.46. The molecule has 1 N–H and O–H groups in total. The smallest absolute Gasteiger partial charge is 0.306 e. The van der Waals surface area contributed by atoms with Gasteiger partial charge in [0.05, 0.1) is 13.2 Å². The zero-order valence-corrected chi connectivity index (χ0v) is 27.6. The molecule has 0 aliphatic carbocycles. The van der Waals surface area contributed by atoms with Crippen LogP contribution in [0, 0.1) is 0 Å². The summed E-state index contributed by atoms with van der Waals surface area (Å²) < 4.78 is 11.1. The molecule has 0 aliphatic heterocycles. The van der Waals surface area contributed by atoms with Crippen molar-refractivity contribution in [3.05, 3.63) is 24.3 Å². The Bertz CT molecular complexity index is 571. The first-order valence-corrected chi connectivity index (χ1v) is 17.9. The van der Waals surface area contributed by atoms with E-state index < -0.39 is 6.10 Å². The van der Waals surface area contributed by atoms with Crippen LogP contribution in [0.1, 0.15) is 181 Å². The van der Waals surface area contributed by atoms with E-state index in [1.54, 1.807) is 0 Å². The first kappa shape index (κ1) is 39.9. The summed E-state index contributed by atoms with van der Waals surface area (Å²) >= 11 is 0. The number of rotatable bonds is 33. The Morgan fingerprint density at radius 3 is 1.54 bits per heavy atom. The second kappa shape index (κ2) is 35.1. The summed E-state index contributed by atoms with van der Waals surface area (Å²) in [5.74, 6) is -0.213. The van der Waals surface area contributed by atoms with Crippen molar-refractivity contribution >= 4 is 5.97 Å². The third-order valence-electron chi connectivity index (χ3n) is 7.78. The molecule has 0 saturated heterocycles. The number of hydrogen-bond acceptors (Lipinski definition) is 4. The van der Waals surface area contributed by atoms with E-state index >= 15 is 0 Å². The fourth-order valence-electron chi connectivity index (χ4n) is 5.06. The minimum atomic E-state index is -0.535. The van der Waals surface area contributed by atoms with Gasteiger partial charge in [-0.2, -0.15) is 0 Å². The topological polar surface area (TPSA) is 55.8 Å². The van der Waals surface area contributed by atoms with Crippen molar-refractivity contribution in [1.29, 1.82) is 0 Å². The standard InChI is InChI=1S/C37H70O4/c1-3-5-7-9-11-13-15-17-18-19-20-22-24-26-28-30-32-37(39)41-36(34-38)35-40-33-31-29-27-25-23-21-16-14-12-10-8-6-4-2/h13,15,18-19,36,38H,3-12,14,16-17,20-35H2,1-2H3/b15-13-,19-18-. The van der Waals surface area contributed by atoms with Gasteiger partial charge in [0.25, 0.3) is 0 Å². The number of ether oxygens (including phenoxy) is 2. The predicted molar refractivity (Wildman–Crippen MR) is 177 cm³/mol. The lowest BCUT2D eigenvalue weighted by atomic mass is 10.0. The highest BCUT2D eigenvalue weighted by atomic mass is 16.6. The average molecular weight is 579 g/mol. The van der Waals surface area contributed by atoms with Crippen LogP contribution in [0.3, 0.4) is 0 Å². The number of aliphatic hydroxyl groups excluding tert-OH is 1. The van der Waals surface area contributed by atoms with E-state index in [-0.39, 0.29) is 12.6 Å². The summed E-state index contributed by atoms with van der Waals surface area (Å²) in [6.07, 6.45) is 40.6. The van der Waals surface area contributed by atoms with Gasteiger partial charge in [-0.15, -0.1) is 0 Å². The van der Waals surface area contributed by atoms with E-state index in [2.05, 4.69) is 38.2 Å². The van der Waals surface area contributed by atoms with Gasteiger partial charge in [0, 0.05) is 13.0 Å². The van der Waals surface area contributed by atoms with E-state index in [9.17, 15) is 9.90 Å². The summed E-state index contributed by atoms with van der Waals surface area (Å²) in [4.78, 5) is 12.1. The monoisotopic (exact) mass is 579 g/mol. The molecule has 41 heavy (non-hydrogen) atoms. The van der Waals surface area contributed by atoms with Gasteiger partial charge in [0.1, 0.15) is 6.10 Å². The lowest BCUT2D eigenvalue weighted by Gasteiger charge is -2.15. The van der Waals surface area contributed by atoms with E-state index in [1.807, 2.05) is 0 Å². The molecule has 0 aliphatic rings. The maximum absolute atomic E-state index is 12.1. The highest BCUT2D eigenvalue weighted by molar-refractivity contribution is 5.69. The van der Waals surface area contributed by atoms with Crippen molar-refractivity contribution < 1.29 is 19.4 Å². The van der Waals surface area contributed by atoms with Gasteiger partial charge in [-0.3, -0.25) is 4.79 Å². The molecule has 0 saturated carbocycles. The van der Waals surface area contributed by atoms with Crippen molar-refractivity contribution in [2.75, 3.05) is 19.8 Å². The fraction of sp³-hybridized carbons (Fsp3) is 0.865. The van der Waals surface area contributed by atoms with Crippen LogP contribution in [0.5, 0.6) is 0 Å². The molecule has 0 aromatic carbocycles. The molecular weight excluding hydrogens is 508 g/mol. The number of unbranched alkanes of at least 4 members (excludes halogenated alkanes) is 21. The molecule has 0 rings (SSSR count). The highest BCUT2D eigenvalue weighted by Crippen LogP contribution is 2.13. The van der Waals surface area contributed by atoms with E-state index in [0.29, 0.717) is 19.6 Å². The van der Waals surface area contributed by atoms with Gasteiger partial charge in [-0.25, -0.2) is 0 Å². The molecule has 0 aromatic rings. The van der Waals surface area contributed by atoms with E-state index in [4.69, 9.17) is 9.47 Å². The SMILES string of the molecule is CCCCCC/C=C\C/C=C\CCCCCCCC(=O)OC(CO)COCCCCCCCCCCCCCCC. The molecule has 0 radical (unpaired) electrons. The molecule has 0 bridgehead atoms. The van der Waals surface area contributed by atoms with Crippen LogP contribution in [0.4, 0.5) is 0 Å². The van der Waals surface area contributed by atoms with Gasteiger partial charge in [0.2, 0.25) is 0 Å². The zero-order chi connectivity index (χ0) is 29.9. The molecule has 0 aromatic heterocycles. The Morgan fingerprint density at radius 2 is 1.02 bits per heavy atom. The third-order valence-corrected chi connectivity index (χ3v) is 7.78. The summed E-state index contributed by atoms with van der Waals surface area (Å²) in [5, 5.41) is 9.54. The van der Waals surface area contributed by atoms with Crippen LogP contribution < -0.4 is 0 Å². The Labute approximate surface area is 256 Å². The maximum Gasteiger partial charge on any atom is 0.306 e. The Morgan fingerprint density at radius 1 is 0.585 bits per heavy atom. The van der Waals surface area contributed by atoms with Gasteiger partial charge in [-0.1, -0.05) is 154 Å². The number of carbonyl (C=O) groups excluding carboxylic acids is 1. The van der Waals surface area contributed by atoms with Crippen molar-refractivity contribution in [2.24, 2.45) is 0 Å². The summed E-state index contributed by atoms with van der Waals surface area (Å²) in [5.41, 5.74) is 0. The van der Waals surface area contributed by atoms with Gasteiger partial charge >= 0.3 is 5.97 Å². The van der Waals surface area contributed by atoms with Crippen LogP contribution in [0.25, 0.3) is 0 Å². The third kappa shape index (κ3) is 33.2. The van der Waals surface area contributed by atoms with Crippen molar-refractivity contribution in [1.82, 2.24) is 0 Å². The highest BCUT2D eigenvalue weighted by Gasteiger charge is 2.13. The fourth-order valence-corrected chi connectivity index (χ4v) is 5.06. The number of carbonyl (C=O) groups is 1. The molecule has 0 heterocycles. The molecular formula is C37H70O4. The first-order chi connectivity index (χ1) is 20.2. The van der Waals surface area contributed by atoms with Crippen LogP contribution >= 0.6 is 0 Å². The number of esters is 1. The lowest BCUT2D eigenvalue weighted by molar-refractivity contribution is -0.154. The van der Waals surface area contributed by atoms with Crippen molar-refractivity contribution in [2.45, 2.75) is 187 Å². The summed E-state index contributed by atoms with van der Waals surface area (Å²) in [6, 6.07) is 0. The molecule has 0 fully saturated rings. The number of aliphatic hydroxyl groups is 1. The molecule has 1 unspecified atom stereocenters. The average Bonchev–Trinajstić information content (AvgIpc) is 2.98. The molecule has 4 heteroatoms. The largest absolute Gasteiger partial charge is 0.457 e. The lowest BCUT2D eigenvalue weighted by Crippen LogP contribution is -2.27. The first-order valence-electron chi connectivity index (χ1n) is 17.9. The van der Waals surface area contributed by atoms with Gasteiger partial charge in [0.15, 0.2) is 0 Å². The molecule has 0 spiro atoms. The van der Waals surface area contributed by atoms with Crippen LogP contribution in [0.2, 0.25) is 0 Å². The molecule has 1 atom stereocenters. The van der Waals surface area contributed by atoms with Gasteiger partial charge < -0.3 is 14.6 Å². The molecule has 242 valence electrons. The second-order valence-electron chi connectivity index (χ2n) is 11.9. The van der Waals surface area contributed by atoms with Crippen LogP contribution in [-0.4, -0.2) is 37.0 Å². The maximum atomic E-state index is 12.1. The molecule has 4 nitrogen and oxygen atoms in total. The minimum Gasteiger partial charge on any atom is -0.457 e. The molecule has 0 amide bonds. The Kier molecular flexibility index (Phi) is 34.1. The normalized spacial score (nSPS) is 12.6. The number of hydrogen-bond donors (Lipinski definition) is 1. The van der Waals surface area contributed by atoms with E-state index in [1.165, 1.54) is 122 Å². The zero-order valence-electron chi connectivity index (χ0n) is 27.6. The summed E-state index contributed by atoms with van der Waals surface area (Å²) in [6.45, 7) is 5.33. The quantitative estimate of drug-likeness (QED) is 0.0478. The minimum absolute atomic E-state index is 0.174. The van der Waals surface area contributed by atoms with Crippen LogP contribution in [0.15, 0.2) is 24.3 Å². The van der Waals surface area contributed by atoms with E-state index in [0.717, 1.165) is 38.5 Å². The van der Waals surface area contributed by atoms with Gasteiger partial charge in [-0.05, 0) is 44.9 Å². The van der Waals surface area contributed by atoms with Crippen molar-refractivity contribution in [3.63, 3.8) is 0 Å². The number of allylic oxidation sites excluding steroid dienone is 4.